The van der Waals surface area contributed by atoms with Crippen molar-refractivity contribution in [2.24, 2.45) is 0 Å². The highest BCUT2D eigenvalue weighted by atomic mass is 16.5. The lowest BCUT2D eigenvalue weighted by Gasteiger charge is -2.33. The predicted octanol–water partition coefficient (Wildman–Crippen LogP) is 3.73. The van der Waals surface area contributed by atoms with Crippen molar-refractivity contribution in [1.82, 2.24) is 20.0 Å². The lowest BCUT2D eigenvalue weighted by molar-refractivity contribution is 0.129. The van der Waals surface area contributed by atoms with Gasteiger partial charge in [-0.05, 0) is 49.7 Å². The fourth-order valence-electron chi connectivity index (χ4n) is 3.38. The first kappa shape index (κ1) is 16.4. The minimum atomic E-state index is 0.127. The van der Waals surface area contributed by atoms with E-state index in [1.165, 1.54) is 0 Å². The van der Waals surface area contributed by atoms with Gasteiger partial charge in [0.1, 0.15) is 0 Å². The summed E-state index contributed by atoms with van der Waals surface area (Å²) in [4.78, 5) is 11.4. The van der Waals surface area contributed by atoms with Crippen molar-refractivity contribution in [2.45, 2.75) is 31.8 Å². The predicted molar refractivity (Wildman–Crippen MR) is 95.7 cm³/mol. The zero-order valence-electron chi connectivity index (χ0n) is 14.4. The topological polar surface area (TPSA) is 78.8 Å². The van der Waals surface area contributed by atoms with Crippen LogP contribution in [0.25, 0.3) is 11.5 Å². The molecular weight excluding hydrogens is 326 g/mol. The molecule has 0 radical (unpaired) electrons. The SMILES string of the molecule is N#Cc1cccc(-c2nc(C3CCCCN3Cc3ccccn3)no2)c1. The fraction of sp³-hybridized carbons (Fsp3) is 0.300. The quantitative estimate of drug-likeness (QED) is 0.717. The lowest BCUT2D eigenvalue weighted by atomic mass is 10.0. The summed E-state index contributed by atoms with van der Waals surface area (Å²) in [6.07, 6.45) is 5.14. The van der Waals surface area contributed by atoms with Gasteiger partial charge in [0, 0.05) is 18.3 Å². The summed E-state index contributed by atoms with van der Waals surface area (Å²) in [7, 11) is 0. The normalized spacial score (nSPS) is 17.7. The van der Waals surface area contributed by atoms with Crippen molar-refractivity contribution in [1.29, 1.82) is 5.26 Å². The number of hydrogen-bond donors (Lipinski definition) is 0. The molecule has 1 atom stereocenters. The molecule has 0 aliphatic carbocycles. The van der Waals surface area contributed by atoms with Crippen LogP contribution in [0, 0.1) is 11.3 Å². The number of aromatic nitrogens is 3. The van der Waals surface area contributed by atoms with Gasteiger partial charge in [0.05, 0.1) is 23.4 Å². The van der Waals surface area contributed by atoms with Crippen LogP contribution in [0.5, 0.6) is 0 Å². The number of piperidine rings is 1. The highest BCUT2D eigenvalue weighted by molar-refractivity contribution is 5.56. The van der Waals surface area contributed by atoms with Crippen LogP contribution in [-0.2, 0) is 6.54 Å². The van der Waals surface area contributed by atoms with Gasteiger partial charge in [0.15, 0.2) is 5.82 Å². The van der Waals surface area contributed by atoms with Crippen LogP contribution in [0.3, 0.4) is 0 Å². The van der Waals surface area contributed by atoms with Crippen LogP contribution in [-0.4, -0.2) is 26.6 Å². The maximum absolute atomic E-state index is 9.06. The third-order valence-electron chi connectivity index (χ3n) is 4.68. The van der Waals surface area contributed by atoms with Gasteiger partial charge in [-0.2, -0.15) is 10.2 Å². The summed E-state index contributed by atoms with van der Waals surface area (Å²) >= 11 is 0. The third-order valence-corrected chi connectivity index (χ3v) is 4.68. The van der Waals surface area contributed by atoms with Gasteiger partial charge < -0.3 is 4.52 Å². The molecule has 0 amide bonds. The monoisotopic (exact) mass is 345 g/mol. The molecule has 1 unspecified atom stereocenters. The molecule has 3 aromatic rings. The number of hydrogen-bond acceptors (Lipinski definition) is 6. The first-order valence-corrected chi connectivity index (χ1v) is 8.81. The zero-order valence-corrected chi connectivity index (χ0v) is 14.4. The van der Waals surface area contributed by atoms with Gasteiger partial charge >= 0.3 is 0 Å². The van der Waals surface area contributed by atoms with Crippen LogP contribution in [0.15, 0.2) is 53.2 Å². The van der Waals surface area contributed by atoms with Crippen LogP contribution in [0.2, 0.25) is 0 Å². The van der Waals surface area contributed by atoms with Crippen LogP contribution >= 0.6 is 0 Å². The molecule has 0 N–H and O–H groups in total. The second-order valence-electron chi connectivity index (χ2n) is 6.45. The first-order valence-electron chi connectivity index (χ1n) is 8.81. The molecule has 0 spiro atoms. The Morgan fingerprint density at radius 3 is 3.00 bits per heavy atom. The van der Waals surface area contributed by atoms with Gasteiger partial charge in [-0.3, -0.25) is 9.88 Å². The van der Waals surface area contributed by atoms with Crippen molar-refractivity contribution in [3.8, 4) is 17.5 Å². The molecule has 3 heterocycles. The zero-order chi connectivity index (χ0) is 17.8. The molecule has 0 bridgehead atoms. The average molecular weight is 345 g/mol. The summed E-state index contributed by atoms with van der Waals surface area (Å²) in [5.41, 5.74) is 2.40. The molecule has 130 valence electrons. The minimum Gasteiger partial charge on any atom is -0.334 e. The number of rotatable bonds is 4. The van der Waals surface area contributed by atoms with Crippen LogP contribution in [0.1, 0.15) is 42.4 Å². The second-order valence-corrected chi connectivity index (χ2v) is 6.45. The first-order chi connectivity index (χ1) is 12.8. The van der Waals surface area contributed by atoms with Gasteiger partial charge in [0.2, 0.25) is 0 Å². The summed E-state index contributed by atoms with van der Waals surface area (Å²) in [5.74, 6) is 1.17. The summed E-state index contributed by atoms with van der Waals surface area (Å²) in [5, 5.41) is 13.3. The Labute approximate surface area is 152 Å². The Morgan fingerprint density at radius 1 is 1.19 bits per heavy atom. The maximum Gasteiger partial charge on any atom is 0.258 e. The molecule has 0 saturated carbocycles. The molecule has 1 aliphatic rings. The molecule has 4 rings (SSSR count). The number of nitrogens with zero attached hydrogens (tertiary/aromatic N) is 5. The molecule has 1 saturated heterocycles. The van der Waals surface area contributed by atoms with E-state index in [1.54, 1.807) is 12.1 Å². The molecular formula is C20H19N5O. The van der Waals surface area contributed by atoms with E-state index in [0.29, 0.717) is 17.3 Å². The Balaban J connectivity index is 1.57. The smallest absolute Gasteiger partial charge is 0.258 e. The Kier molecular flexibility index (Phi) is 4.71. The third kappa shape index (κ3) is 3.48. The van der Waals surface area contributed by atoms with Crippen LogP contribution in [0.4, 0.5) is 0 Å². The van der Waals surface area contributed by atoms with E-state index in [1.807, 2.05) is 36.5 Å². The summed E-state index contributed by atoms with van der Waals surface area (Å²) in [6.45, 7) is 1.77. The number of pyridine rings is 1. The molecule has 1 aliphatic heterocycles. The summed E-state index contributed by atoms with van der Waals surface area (Å²) < 4.78 is 5.49. The standard InChI is InChI=1S/C20H19N5O/c21-13-15-6-5-7-16(12-15)20-23-19(24-26-20)18-9-2-4-11-25(18)14-17-8-1-3-10-22-17/h1,3,5-8,10,12,18H,2,4,9,11,14H2. The number of likely N-dealkylation sites (tertiary alicyclic amines) is 1. The van der Waals surface area contributed by atoms with E-state index < -0.39 is 0 Å². The molecule has 6 heteroatoms. The van der Waals surface area contributed by atoms with E-state index in [-0.39, 0.29) is 6.04 Å². The van der Waals surface area contributed by atoms with Gasteiger partial charge in [-0.15, -0.1) is 0 Å². The van der Waals surface area contributed by atoms with E-state index in [2.05, 4.69) is 26.1 Å². The van der Waals surface area contributed by atoms with Crippen LogP contribution < -0.4 is 0 Å². The van der Waals surface area contributed by atoms with E-state index in [0.717, 1.165) is 43.6 Å². The maximum atomic E-state index is 9.06. The van der Waals surface area contributed by atoms with E-state index in [4.69, 9.17) is 9.78 Å². The highest BCUT2D eigenvalue weighted by Crippen LogP contribution is 2.31. The second kappa shape index (κ2) is 7.46. The van der Waals surface area contributed by atoms with Gasteiger partial charge in [-0.25, -0.2) is 0 Å². The molecule has 1 fully saturated rings. The Bertz CT molecular complexity index is 915. The fourth-order valence-corrected chi connectivity index (χ4v) is 3.38. The van der Waals surface area contributed by atoms with Crippen molar-refractivity contribution >= 4 is 0 Å². The minimum absolute atomic E-state index is 0.127. The largest absolute Gasteiger partial charge is 0.334 e. The number of nitriles is 1. The van der Waals surface area contributed by atoms with E-state index in [9.17, 15) is 0 Å². The molecule has 6 nitrogen and oxygen atoms in total. The molecule has 2 aromatic heterocycles. The average Bonchev–Trinajstić information content (AvgIpc) is 3.19. The molecule has 26 heavy (non-hydrogen) atoms. The Hall–Kier alpha value is -3.04. The van der Waals surface area contributed by atoms with Crippen molar-refractivity contribution < 1.29 is 4.52 Å². The van der Waals surface area contributed by atoms with Gasteiger partial charge in [0.25, 0.3) is 5.89 Å². The van der Waals surface area contributed by atoms with Crippen molar-refractivity contribution in [3.63, 3.8) is 0 Å². The van der Waals surface area contributed by atoms with Crippen molar-refractivity contribution in [2.75, 3.05) is 6.54 Å². The summed E-state index contributed by atoms with van der Waals surface area (Å²) in [6, 6.07) is 15.5. The number of benzene rings is 1. The van der Waals surface area contributed by atoms with Gasteiger partial charge in [-0.1, -0.05) is 23.7 Å². The highest BCUT2D eigenvalue weighted by Gasteiger charge is 2.28. The Morgan fingerprint density at radius 2 is 2.15 bits per heavy atom. The van der Waals surface area contributed by atoms with E-state index >= 15 is 0 Å². The molecule has 1 aromatic carbocycles. The van der Waals surface area contributed by atoms with Crippen molar-refractivity contribution in [3.05, 3.63) is 65.7 Å². The lowest BCUT2D eigenvalue weighted by Crippen LogP contribution is -2.33.